The molecule has 0 amide bonds. The summed E-state index contributed by atoms with van der Waals surface area (Å²) in [6, 6.07) is 0. The van der Waals surface area contributed by atoms with Crippen molar-refractivity contribution in [2.75, 3.05) is 0 Å². The summed E-state index contributed by atoms with van der Waals surface area (Å²) in [5.74, 6) is -0.265. The van der Waals surface area contributed by atoms with Gasteiger partial charge in [-0.2, -0.15) is 5.10 Å². The van der Waals surface area contributed by atoms with Gasteiger partial charge in [0.05, 0.1) is 11.4 Å². The maximum absolute atomic E-state index is 11.2. The van der Waals surface area contributed by atoms with Crippen molar-refractivity contribution < 1.29 is 9.90 Å². The molecule has 0 aromatic carbocycles. The molecular formula is C11H16N2O2. The second-order valence-electron chi connectivity index (χ2n) is 4.25. The number of nitrogens with zero attached hydrogens (tertiary/aromatic N) is 2. The lowest BCUT2D eigenvalue weighted by molar-refractivity contribution is 0.0693. The molecule has 4 heteroatoms. The maximum atomic E-state index is 11.2. The first kappa shape index (κ1) is 10.2. The first-order valence-corrected chi connectivity index (χ1v) is 5.45. The molecule has 0 fully saturated rings. The van der Waals surface area contributed by atoms with Crippen LogP contribution in [0.3, 0.4) is 0 Å². The normalized spacial score (nSPS) is 20.0. The lowest BCUT2D eigenvalue weighted by Gasteiger charge is -2.19. The van der Waals surface area contributed by atoms with Gasteiger partial charge in [-0.25, -0.2) is 4.79 Å². The van der Waals surface area contributed by atoms with E-state index >= 15 is 0 Å². The van der Waals surface area contributed by atoms with E-state index in [2.05, 4.69) is 12.0 Å². The van der Waals surface area contributed by atoms with Crippen LogP contribution in [0, 0.1) is 5.92 Å². The highest BCUT2D eigenvalue weighted by Gasteiger charge is 2.26. The zero-order valence-corrected chi connectivity index (χ0v) is 9.16. The first-order chi connectivity index (χ1) is 7.13. The number of hydrogen-bond acceptors (Lipinski definition) is 2. The molecule has 0 bridgehead atoms. The molecule has 1 aromatic heterocycles. The van der Waals surface area contributed by atoms with Crippen LogP contribution < -0.4 is 0 Å². The van der Waals surface area contributed by atoms with E-state index in [9.17, 15) is 9.90 Å². The van der Waals surface area contributed by atoms with Crippen molar-refractivity contribution in [3.8, 4) is 0 Å². The molecule has 1 atom stereocenters. The summed E-state index contributed by atoms with van der Waals surface area (Å²) in [6.45, 7) is 4.97. The summed E-state index contributed by atoms with van der Waals surface area (Å²) < 4.78 is 1.88. The molecule has 82 valence electrons. The molecule has 0 aliphatic carbocycles. The molecule has 1 aliphatic heterocycles. The molecule has 1 aromatic rings. The number of hydrogen-bond donors (Lipinski definition) is 1. The Balaban J connectivity index is 2.50. The fourth-order valence-electron chi connectivity index (χ4n) is 2.21. The maximum Gasteiger partial charge on any atom is 0.339 e. The van der Waals surface area contributed by atoms with Gasteiger partial charge in [0.15, 0.2) is 0 Å². The summed E-state index contributed by atoms with van der Waals surface area (Å²) in [5.41, 5.74) is 2.09. The average molecular weight is 208 g/mol. The topological polar surface area (TPSA) is 55.1 Å². The fraction of sp³-hybridized carbons (Fsp3) is 0.636. The van der Waals surface area contributed by atoms with Crippen molar-refractivity contribution >= 4 is 5.97 Å². The number of aryl methyl sites for hydroxylation is 2. The molecule has 2 heterocycles. The second kappa shape index (κ2) is 3.68. The van der Waals surface area contributed by atoms with Crippen molar-refractivity contribution in [3.05, 3.63) is 17.0 Å². The quantitative estimate of drug-likeness (QED) is 0.805. The van der Waals surface area contributed by atoms with Gasteiger partial charge in [0.2, 0.25) is 0 Å². The summed E-state index contributed by atoms with van der Waals surface area (Å²) in [6.07, 6.45) is 2.63. The van der Waals surface area contributed by atoms with Crippen LogP contribution in [0.5, 0.6) is 0 Å². The Morgan fingerprint density at radius 1 is 1.67 bits per heavy atom. The number of aromatic nitrogens is 2. The van der Waals surface area contributed by atoms with E-state index < -0.39 is 5.97 Å². The number of carboxylic acids is 1. The van der Waals surface area contributed by atoms with E-state index in [4.69, 9.17) is 0 Å². The minimum atomic E-state index is -0.831. The predicted molar refractivity (Wildman–Crippen MR) is 56.0 cm³/mol. The molecule has 0 saturated heterocycles. The highest BCUT2D eigenvalue weighted by molar-refractivity contribution is 5.90. The smallest absolute Gasteiger partial charge is 0.339 e. The SMILES string of the molecule is CCc1nn2c(c1C(=O)O)CC(C)CC2. The van der Waals surface area contributed by atoms with Crippen LogP contribution in [0.15, 0.2) is 0 Å². The Kier molecular flexibility index (Phi) is 2.50. The summed E-state index contributed by atoms with van der Waals surface area (Å²) in [4.78, 5) is 11.2. The Hall–Kier alpha value is -1.32. The van der Waals surface area contributed by atoms with Gasteiger partial charge >= 0.3 is 5.97 Å². The van der Waals surface area contributed by atoms with Crippen LogP contribution in [0.2, 0.25) is 0 Å². The Morgan fingerprint density at radius 2 is 2.40 bits per heavy atom. The first-order valence-electron chi connectivity index (χ1n) is 5.45. The van der Waals surface area contributed by atoms with E-state index in [0.717, 1.165) is 30.8 Å². The van der Waals surface area contributed by atoms with Gasteiger partial charge < -0.3 is 5.11 Å². The zero-order valence-electron chi connectivity index (χ0n) is 9.16. The third kappa shape index (κ3) is 1.64. The number of carbonyl (C=O) groups is 1. The van der Waals surface area contributed by atoms with Gasteiger partial charge in [0, 0.05) is 6.54 Å². The lowest BCUT2D eigenvalue weighted by atomic mass is 9.95. The molecule has 2 rings (SSSR count). The highest BCUT2D eigenvalue weighted by Crippen LogP contribution is 2.25. The molecule has 4 nitrogen and oxygen atoms in total. The summed E-state index contributed by atoms with van der Waals surface area (Å²) in [5, 5.41) is 13.5. The average Bonchev–Trinajstić information content (AvgIpc) is 2.55. The lowest BCUT2D eigenvalue weighted by Crippen LogP contribution is -2.19. The molecule has 0 radical (unpaired) electrons. The van der Waals surface area contributed by atoms with Gasteiger partial charge in [-0.3, -0.25) is 4.68 Å². The number of rotatable bonds is 2. The van der Waals surface area contributed by atoms with Crippen molar-refractivity contribution in [3.63, 3.8) is 0 Å². The van der Waals surface area contributed by atoms with Crippen LogP contribution in [-0.2, 0) is 19.4 Å². The number of fused-ring (bicyclic) bond motifs is 1. The van der Waals surface area contributed by atoms with Gasteiger partial charge in [-0.05, 0) is 25.2 Å². The Bertz CT molecular complexity index is 396. The van der Waals surface area contributed by atoms with Gasteiger partial charge in [0.25, 0.3) is 0 Å². The van der Waals surface area contributed by atoms with Crippen LogP contribution in [0.25, 0.3) is 0 Å². The molecule has 0 spiro atoms. The highest BCUT2D eigenvalue weighted by atomic mass is 16.4. The van der Waals surface area contributed by atoms with E-state index in [1.807, 2.05) is 11.6 Å². The van der Waals surface area contributed by atoms with Crippen LogP contribution in [0.4, 0.5) is 0 Å². The minimum Gasteiger partial charge on any atom is -0.478 e. The third-order valence-electron chi connectivity index (χ3n) is 3.05. The van der Waals surface area contributed by atoms with Crippen molar-refractivity contribution in [1.82, 2.24) is 9.78 Å². The monoisotopic (exact) mass is 208 g/mol. The molecule has 15 heavy (non-hydrogen) atoms. The Morgan fingerprint density at radius 3 is 3.00 bits per heavy atom. The van der Waals surface area contributed by atoms with Gasteiger partial charge in [-0.15, -0.1) is 0 Å². The minimum absolute atomic E-state index is 0.448. The predicted octanol–water partition coefficient (Wildman–Crippen LogP) is 1.73. The van der Waals surface area contributed by atoms with Crippen molar-refractivity contribution in [1.29, 1.82) is 0 Å². The fourth-order valence-corrected chi connectivity index (χ4v) is 2.21. The van der Waals surface area contributed by atoms with E-state index in [1.54, 1.807) is 0 Å². The van der Waals surface area contributed by atoms with E-state index in [1.165, 1.54) is 0 Å². The molecule has 1 N–H and O–H groups in total. The molecule has 0 saturated carbocycles. The zero-order chi connectivity index (χ0) is 11.0. The number of aromatic carboxylic acids is 1. The van der Waals surface area contributed by atoms with E-state index in [0.29, 0.717) is 17.9 Å². The van der Waals surface area contributed by atoms with Crippen LogP contribution >= 0.6 is 0 Å². The second-order valence-corrected chi connectivity index (χ2v) is 4.25. The molecule has 1 aliphatic rings. The van der Waals surface area contributed by atoms with Crippen LogP contribution in [-0.4, -0.2) is 20.9 Å². The molecular weight excluding hydrogens is 192 g/mol. The number of carboxylic acid groups (broad SMARTS) is 1. The molecule has 1 unspecified atom stereocenters. The standard InChI is InChI=1S/C11H16N2O2/c1-3-8-10(11(14)15)9-6-7(2)4-5-13(9)12-8/h7H,3-6H2,1-2H3,(H,14,15). The van der Waals surface area contributed by atoms with Crippen molar-refractivity contribution in [2.24, 2.45) is 5.92 Å². The van der Waals surface area contributed by atoms with Crippen LogP contribution in [0.1, 0.15) is 42.0 Å². The Labute approximate surface area is 88.9 Å². The van der Waals surface area contributed by atoms with Crippen molar-refractivity contribution in [2.45, 2.75) is 39.7 Å². The van der Waals surface area contributed by atoms with E-state index in [-0.39, 0.29) is 0 Å². The third-order valence-corrected chi connectivity index (χ3v) is 3.05. The van der Waals surface area contributed by atoms with Gasteiger partial charge in [0.1, 0.15) is 5.56 Å². The summed E-state index contributed by atoms with van der Waals surface area (Å²) >= 11 is 0. The summed E-state index contributed by atoms with van der Waals surface area (Å²) in [7, 11) is 0. The van der Waals surface area contributed by atoms with Gasteiger partial charge in [-0.1, -0.05) is 13.8 Å². The largest absolute Gasteiger partial charge is 0.478 e.